The first-order valence-corrected chi connectivity index (χ1v) is 6.57. The fourth-order valence-electron chi connectivity index (χ4n) is 2.79. The molecule has 3 rings (SSSR count). The predicted octanol–water partition coefficient (Wildman–Crippen LogP) is 1.98. The number of aromatic nitrogens is 3. The largest absolute Gasteiger partial charge is 0.506 e. The standard InChI is InChI=1S/C13H18N4O/c1-2-16-8-4-3-5-11(16)13-15-14-12-7-6-10(18)9-17(12)13/h6-7,9,11,18H,2-5,8H2,1H3. The lowest BCUT2D eigenvalue weighted by Gasteiger charge is -2.33. The van der Waals surface area contributed by atoms with Crippen LogP contribution in [0.25, 0.3) is 5.65 Å². The highest BCUT2D eigenvalue weighted by Gasteiger charge is 2.26. The van der Waals surface area contributed by atoms with Gasteiger partial charge in [0, 0.05) is 0 Å². The third-order valence-electron chi connectivity index (χ3n) is 3.73. The molecule has 5 heteroatoms. The van der Waals surface area contributed by atoms with Crippen molar-refractivity contribution in [2.45, 2.75) is 32.2 Å². The summed E-state index contributed by atoms with van der Waals surface area (Å²) in [4.78, 5) is 2.43. The van der Waals surface area contributed by atoms with Gasteiger partial charge in [-0.15, -0.1) is 10.2 Å². The van der Waals surface area contributed by atoms with Crippen molar-refractivity contribution in [1.29, 1.82) is 0 Å². The molecule has 3 heterocycles. The summed E-state index contributed by atoms with van der Waals surface area (Å²) in [5.41, 5.74) is 0.796. The van der Waals surface area contributed by atoms with Crippen LogP contribution in [0.2, 0.25) is 0 Å². The van der Waals surface area contributed by atoms with Crippen molar-refractivity contribution < 1.29 is 5.11 Å². The van der Waals surface area contributed by atoms with Gasteiger partial charge in [0.15, 0.2) is 11.5 Å². The molecule has 1 saturated heterocycles. The summed E-state index contributed by atoms with van der Waals surface area (Å²) in [7, 11) is 0. The average Bonchev–Trinajstić information content (AvgIpc) is 2.81. The van der Waals surface area contributed by atoms with Crippen molar-refractivity contribution >= 4 is 5.65 Å². The van der Waals surface area contributed by atoms with Crippen LogP contribution in [0.4, 0.5) is 0 Å². The van der Waals surface area contributed by atoms with Gasteiger partial charge in [-0.1, -0.05) is 13.3 Å². The quantitative estimate of drug-likeness (QED) is 0.880. The van der Waals surface area contributed by atoms with Crippen molar-refractivity contribution in [2.75, 3.05) is 13.1 Å². The van der Waals surface area contributed by atoms with Crippen LogP contribution in [0.3, 0.4) is 0 Å². The van der Waals surface area contributed by atoms with E-state index in [1.807, 2.05) is 4.40 Å². The Kier molecular flexibility index (Phi) is 2.91. The molecule has 96 valence electrons. The summed E-state index contributed by atoms with van der Waals surface area (Å²) in [5.74, 6) is 1.20. The molecule has 0 amide bonds. The second-order valence-electron chi connectivity index (χ2n) is 4.81. The van der Waals surface area contributed by atoms with E-state index in [0.29, 0.717) is 6.04 Å². The fraction of sp³-hybridized carbons (Fsp3) is 0.538. The topological polar surface area (TPSA) is 53.7 Å². The van der Waals surface area contributed by atoms with Crippen molar-refractivity contribution in [1.82, 2.24) is 19.5 Å². The molecule has 1 atom stereocenters. The van der Waals surface area contributed by atoms with Gasteiger partial charge in [0.1, 0.15) is 5.75 Å². The molecule has 0 spiro atoms. The Bertz CT molecular complexity index is 551. The summed E-state index contributed by atoms with van der Waals surface area (Å²) >= 11 is 0. The summed E-state index contributed by atoms with van der Waals surface area (Å²) in [5, 5.41) is 18.1. The minimum Gasteiger partial charge on any atom is -0.506 e. The van der Waals surface area contributed by atoms with Gasteiger partial charge >= 0.3 is 0 Å². The first kappa shape index (κ1) is 11.5. The normalized spacial score (nSPS) is 21.5. The van der Waals surface area contributed by atoms with Gasteiger partial charge in [0.05, 0.1) is 12.2 Å². The number of nitrogens with zero attached hydrogens (tertiary/aromatic N) is 4. The van der Waals surface area contributed by atoms with E-state index >= 15 is 0 Å². The molecule has 1 aliphatic rings. The zero-order valence-corrected chi connectivity index (χ0v) is 10.6. The van der Waals surface area contributed by atoms with E-state index in [1.54, 1.807) is 18.3 Å². The lowest BCUT2D eigenvalue weighted by atomic mass is 10.0. The molecule has 1 unspecified atom stereocenters. The van der Waals surface area contributed by atoms with Crippen molar-refractivity contribution in [3.8, 4) is 5.75 Å². The van der Waals surface area contributed by atoms with E-state index in [2.05, 4.69) is 22.0 Å². The van der Waals surface area contributed by atoms with Crippen molar-refractivity contribution in [3.63, 3.8) is 0 Å². The molecular formula is C13H18N4O. The molecule has 18 heavy (non-hydrogen) atoms. The van der Waals surface area contributed by atoms with Gasteiger partial charge in [-0.2, -0.15) is 0 Å². The number of pyridine rings is 1. The highest BCUT2D eigenvalue weighted by atomic mass is 16.3. The van der Waals surface area contributed by atoms with Crippen LogP contribution >= 0.6 is 0 Å². The Balaban J connectivity index is 2.04. The molecule has 1 N–H and O–H groups in total. The molecule has 2 aromatic heterocycles. The highest BCUT2D eigenvalue weighted by Crippen LogP contribution is 2.30. The van der Waals surface area contributed by atoms with Crippen LogP contribution in [0, 0.1) is 0 Å². The first-order chi connectivity index (χ1) is 8.79. The second kappa shape index (κ2) is 4.57. The number of aromatic hydroxyl groups is 1. The predicted molar refractivity (Wildman–Crippen MR) is 68.5 cm³/mol. The van der Waals surface area contributed by atoms with E-state index in [-0.39, 0.29) is 5.75 Å². The van der Waals surface area contributed by atoms with E-state index in [4.69, 9.17) is 0 Å². The molecule has 1 aliphatic heterocycles. The maximum absolute atomic E-state index is 9.60. The van der Waals surface area contributed by atoms with Crippen LogP contribution in [0.15, 0.2) is 18.3 Å². The molecule has 0 saturated carbocycles. The van der Waals surface area contributed by atoms with Gasteiger partial charge in [-0.3, -0.25) is 9.30 Å². The lowest BCUT2D eigenvalue weighted by Crippen LogP contribution is -2.34. The van der Waals surface area contributed by atoms with E-state index in [9.17, 15) is 5.11 Å². The zero-order valence-electron chi connectivity index (χ0n) is 10.6. The Morgan fingerprint density at radius 1 is 1.33 bits per heavy atom. The Morgan fingerprint density at radius 2 is 2.22 bits per heavy atom. The maximum atomic E-state index is 9.60. The smallest absolute Gasteiger partial charge is 0.161 e. The zero-order chi connectivity index (χ0) is 12.5. The number of rotatable bonds is 2. The number of likely N-dealkylation sites (tertiary alicyclic amines) is 1. The van der Waals surface area contributed by atoms with Crippen LogP contribution < -0.4 is 0 Å². The Hall–Kier alpha value is -1.62. The summed E-state index contributed by atoms with van der Waals surface area (Å²) < 4.78 is 1.91. The molecule has 5 nitrogen and oxygen atoms in total. The third-order valence-corrected chi connectivity index (χ3v) is 3.73. The van der Waals surface area contributed by atoms with E-state index < -0.39 is 0 Å². The fourth-order valence-corrected chi connectivity index (χ4v) is 2.79. The minimum absolute atomic E-state index is 0.252. The summed E-state index contributed by atoms with van der Waals surface area (Å²) in [6.07, 6.45) is 5.30. The highest BCUT2D eigenvalue weighted by molar-refractivity contribution is 5.41. The molecule has 1 fully saturated rings. The van der Waals surface area contributed by atoms with Crippen LogP contribution in [0.5, 0.6) is 5.75 Å². The van der Waals surface area contributed by atoms with Crippen LogP contribution in [-0.2, 0) is 0 Å². The van der Waals surface area contributed by atoms with E-state index in [1.165, 1.54) is 12.8 Å². The number of hydrogen-bond donors (Lipinski definition) is 1. The van der Waals surface area contributed by atoms with Gasteiger partial charge in [0.25, 0.3) is 0 Å². The molecule has 2 aromatic rings. The van der Waals surface area contributed by atoms with Crippen LogP contribution in [0.1, 0.15) is 38.1 Å². The Labute approximate surface area is 106 Å². The monoisotopic (exact) mass is 246 g/mol. The van der Waals surface area contributed by atoms with Gasteiger partial charge in [-0.25, -0.2) is 0 Å². The number of hydrogen-bond acceptors (Lipinski definition) is 4. The molecule has 0 radical (unpaired) electrons. The van der Waals surface area contributed by atoms with Gasteiger partial charge in [-0.05, 0) is 38.1 Å². The SMILES string of the molecule is CCN1CCCCC1c1nnc2ccc(O)cn12. The number of piperidine rings is 1. The van der Waals surface area contributed by atoms with Crippen molar-refractivity contribution in [2.24, 2.45) is 0 Å². The summed E-state index contributed by atoms with van der Waals surface area (Å²) in [6, 6.07) is 3.76. The summed E-state index contributed by atoms with van der Waals surface area (Å²) in [6.45, 7) is 4.33. The minimum atomic E-state index is 0.252. The van der Waals surface area contributed by atoms with Crippen LogP contribution in [-0.4, -0.2) is 37.7 Å². The van der Waals surface area contributed by atoms with E-state index in [0.717, 1.165) is 31.0 Å². The van der Waals surface area contributed by atoms with Crippen molar-refractivity contribution in [3.05, 3.63) is 24.2 Å². The molecule has 0 aliphatic carbocycles. The third kappa shape index (κ3) is 1.84. The molecule has 0 aromatic carbocycles. The number of fused-ring (bicyclic) bond motifs is 1. The average molecular weight is 246 g/mol. The van der Waals surface area contributed by atoms with Gasteiger partial charge in [0.2, 0.25) is 0 Å². The second-order valence-corrected chi connectivity index (χ2v) is 4.81. The van der Waals surface area contributed by atoms with Gasteiger partial charge < -0.3 is 5.11 Å². The Morgan fingerprint density at radius 3 is 3.06 bits per heavy atom. The maximum Gasteiger partial charge on any atom is 0.161 e. The molecule has 0 bridgehead atoms. The first-order valence-electron chi connectivity index (χ1n) is 6.57. The lowest BCUT2D eigenvalue weighted by molar-refractivity contribution is 0.149. The molecular weight excluding hydrogens is 228 g/mol.